The van der Waals surface area contributed by atoms with Crippen LogP contribution in [-0.4, -0.2) is 46.5 Å². The average Bonchev–Trinajstić information content (AvgIpc) is 3.00. The highest BCUT2D eigenvalue weighted by Crippen LogP contribution is 2.21. The van der Waals surface area contributed by atoms with Gasteiger partial charge in [0.15, 0.2) is 0 Å². The maximum atomic E-state index is 12.2. The smallest absolute Gasteiger partial charge is 0.241 e. The second kappa shape index (κ2) is 6.81. The molecule has 0 spiro atoms. The summed E-state index contributed by atoms with van der Waals surface area (Å²) in [6, 6.07) is 1.68. The first-order valence-electron chi connectivity index (χ1n) is 6.56. The fourth-order valence-electron chi connectivity index (χ4n) is 2.28. The Morgan fingerprint density at radius 2 is 2.11 bits per heavy atom. The third kappa shape index (κ3) is 4.00. The summed E-state index contributed by atoms with van der Waals surface area (Å²) in [5.41, 5.74) is 0. The Morgan fingerprint density at radius 1 is 1.37 bits per heavy atom. The number of nitrogens with one attached hydrogen (secondary N) is 2. The van der Waals surface area contributed by atoms with Crippen LogP contribution >= 0.6 is 11.3 Å². The van der Waals surface area contributed by atoms with E-state index in [9.17, 15) is 8.42 Å². The number of thiophene rings is 1. The summed E-state index contributed by atoms with van der Waals surface area (Å²) in [7, 11) is -1.55. The lowest BCUT2D eigenvalue weighted by molar-refractivity contribution is 0.344. The molecule has 0 radical (unpaired) electrons. The molecule has 108 valence electrons. The van der Waals surface area contributed by atoms with E-state index in [4.69, 9.17) is 0 Å². The molecule has 0 saturated carbocycles. The molecule has 1 fully saturated rings. The molecular formula is C12H21N3O2S2. The number of likely N-dealkylation sites (tertiary alicyclic amines) is 1. The van der Waals surface area contributed by atoms with Crippen LogP contribution < -0.4 is 10.0 Å². The molecule has 0 aromatic carbocycles. The Labute approximate surface area is 119 Å². The van der Waals surface area contributed by atoms with E-state index < -0.39 is 10.0 Å². The van der Waals surface area contributed by atoms with E-state index in [-0.39, 0.29) is 0 Å². The maximum absolute atomic E-state index is 12.2. The molecule has 5 nitrogen and oxygen atoms in total. The Bertz CT molecular complexity index is 493. The summed E-state index contributed by atoms with van der Waals surface area (Å²) in [4.78, 5) is 3.56. The van der Waals surface area contributed by atoms with Gasteiger partial charge in [0.05, 0.1) is 4.90 Å². The monoisotopic (exact) mass is 303 g/mol. The first-order chi connectivity index (χ1) is 9.13. The highest BCUT2D eigenvalue weighted by atomic mass is 32.2. The van der Waals surface area contributed by atoms with Gasteiger partial charge in [0.25, 0.3) is 0 Å². The van der Waals surface area contributed by atoms with Gasteiger partial charge in [-0.2, -0.15) is 0 Å². The predicted molar refractivity (Wildman–Crippen MR) is 77.9 cm³/mol. The molecule has 1 aliphatic rings. The maximum Gasteiger partial charge on any atom is 0.241 e. The van der Waals surface area contributed by atoms with Gasteiger partial charge >= 0.3 is 0 Å². The van der Waals surface area contributed by atoms with E-state index in [0.717, 1.165) is 24.5 Å². The number of hydrogen-bond donors (Lipinski definition) is 2. The van der Waals surface area contributed by atoms with Gasteiger partial charge in [-0.3, -0.25) is 0 Å². The van der Waals surface area contributed by atoms with Gasteiger partial charge in [0, 0.05) is 24.5 Å². The van der Waals surface area contributed by atoms with Crippen molar-refractivity contribution < 1.29 is 8.42 Å². The second-order valence-electron chi connectivity index (χ2n) is 4.68. The zero-order chi connectivity index (χ0) is 13.7. The van der Waals surface area contributed by atoms with Crippen LogP contribution in [0.15, 0.2) is 16.3 Å². The Morgan fingerprint density at radius 3 is 2.79 bits per heavy atom. The van der Waals surface area contributed by atoms with Crippen molar-refractivity contribution in [3.8, 4) is 0 Å². The highest BCUT2D eigenvalue weighted by Gasteiger charge is 2.19. The van der Waals surface area contributed by atoms with E-state index in [2.05, 4.69) is 14.9 Å². The molecule has 7 heteroatoms. The van der Waals surface area contributed by atoms with Crippen molar-refractivity contribution in [2.45, 2.75) is 24.3 Å². The minimum Gasteiger partial charge on any atom is -0.315 e. The molecule has 0 amide bonds. The van der Waals surface area contributed by atoms with Gasteiger partial charge in [-0.15, -0.1) is 11.3 Å². The summed E-state index contributed by atoms with van der Waals surface area (Å²) >= 11 is 1.47. The summed E-state index contributed by atoms with van der Waals surface area (Å²) in [5, 5.41) is 4.81. The molecule has 2 N–H and O–H groups in total. The van der Waals surface area contributed by atoms with Crippen LogP contribution in [0.4, 0.5) is 0 Å². The molecule has 0 unspecified atom stereocenters. The van der Waals surface area contributed by atoms with Crippen LogP contribution in [0.2, 0.25) is 0 Å². The minimum atomic E-state index is -3.37. The third-order valence-electron chi connectivity index (χ3n) is 3.25. The van der Waals surface area contributed by atoms with Crippen LogP contribution in [0, 0.1) is 0 Å². The molecule has 0 bridgehead atoms. The van der Waals surface area contributed by atoms with E-state index in [1.165, 1.54) is 24.2 Å². The fraction of sp³-hybridized carbons (Fsp3) is 0.667. The van der Waals surface area contributed by atoms with Crippen molar-refractivity contribution >= 4 is 21.4 Å². The van der Waals surface area contributed by atoms with Gasteiger partial charge < -0.3 is 10.2 Å². The van der Waals surface area contributed by atoms with Crippen LogP contribution in [0.1, 0.15) is 17.7 Å². The molecule has 2 heterocycles. The molecule has 1 aromatic heterocycles. The van der Waals surface area contributed by atoms with Gasteiger partial charge in [-0.05, 0) is 44.4 Å². The zero-order valence-electron chi connectivity index (χ0n) is 11.2. The van der Waals surface area contributed by atoms with Crippen LogP contribution in [-0.2, 0) is 16.6 Å². The average molecular weight is 303 g/mol. The Hall–Kier alpha value is -0.470. The summed E-state index contributed by atoms with van der Waals surface area (Å²) in [6.45, 7) is 4.04. The van der Waals surface area contributed by atoms with Gasteiger partial charge in [0.2, 0.25) is 10.0 Å². The topological polar surface area (TPSA) is 61.4 Å². The molecule has 1 aromatic rings. The summed E-state index contributed by atoms with van der Waals surface area (Å²) < 4.78 is 27.1. The van der Waals surface area contributed by atoms with Gasteiger partial charge in [0.1, 0.15) is 0 Å². The molecule has 1 aliphatic heterocycles. The lowest BCUT2D eigenvalue weighted by Gasteiger charge is -2.15. The lowest BCUT2D eigenvalue weighted by atomic mass is 10.4. The highest BCUT2D eigenvalue weighted by molar-refractivity contribution is 7.89. The van der Waals surface area contributed by atoms with Crippen molar-refractivity contribution in [2.75, 3.05) is 33.2 Å². The van der Waals surface area contributed by atoms with E-state index >= 15 is 0 Å². The molecular weight excluding hydrogens is 282 g/mol. The zero-order valence-corrected chi connectivity index (χ0v) is 12.8. The quantitative estimate of drug-likeness (QED) is 0.784. The fourth-order valence-corrected chi connectivity index (χ4v) is 4.75. The molecule has 0 atom stereocenters. The third-order valence-corrected chi connectivity index (χ3v) is 5.85. The normalized spacial score (nSPS) is 17.1. The largest absolute Gasteiger partial charge is 0.315 e. The van der Waals surface area contributed by atoms with Crippen molar-refractivity contribution in [1.29, 1.82) is 0 Å². The SMILES string of the molecule is CNCc1sccc1S(=O)(=O)NCCN1CCCC1. The number of nitrogens with zero attached hydrogens (tertiary/aromatic N) is 1. The molecule has 1 saturated heterocycles. The number of hydrogen-bond acceptors (Lipinski definition) is 5. The first kappa shape index (κ1) is 14.9. The Kier molecular flexibility index (Phi) is 5.35. The first-order valence-corrected chi connectivity index (χ1v) is 8.93. The van der Waals surface area contributed by atoms with Crippen molar-refractivity contribution in [2.24, 2.45) is 0 Å². The van der Waals surface area contributed by atoms with E-state index in [1.54, 1.807) is 6.07 Å². The molecule has 19 heavy (non-hydrogen) atoms. The molecule has 2 rings (SSSR count). The lowest BCUT2D eigenvalue weighted by Crippen LogP contribution is -2.33. The van der Waals surface area contributed by atoms with Crippen molar-refractivity contribution in [3.05, 3.63) is 16.3 Å². The van der Waals surface area contributed by atoms with Crippen molar-refractivity contribution in [3.63, 3.8) is 0 Å². The van der Waals surface area contributed by atoms with E-state index in [0.29, 0.717) is 18.0 Å². The minimum absolute atomic E-state index is 0.410. The number of rotatable bonds is 7. The van der Waals surface area contributed by atoms with Gasteiger partial charge in [-0.1, -0.05) is 0 Å². The van der Waals surface area contributed by atoms with Gasteiger partial charge in [-0.25, -0.2) is 13.1 Å². The summed E-state index contributed by atoms with van der Waals surface area (Å²) in [5.74, 6) is 0. The van der Waals surface area contributed by atoms with Crippen LogP contribution in [0.25, 0.3) is 0 Å². The summed E-state index contributed by atoms with van der Waals surface area (Å²) in [6.07, 6.45) is 2.45. The molecule has 0 aliphatic carbocycles. The van der Waals surface area contributed by atoms with Crippen LogP contribution in [0.5, 0.6) is 0 Å². The standard InChI is InChI=1S/C12H21N3O2S2/c1-13-10-11-12(4-9-18-11)19(16,17)14-5-8-15-6-2-3-7-15/h4,9,13-14H,2-3,5-8,10H2,1H3. The predicted octanol–water partition coefficient (Wildman–Crippen LogP) is 0.842. The number of sulfonamides is 1. The Balaban J connectivity index is 1.91. The second-order valence-corrected chi connectivity index (χ2v) is 7.42. The van der Waals surface area contributed by atoms with Crippen molar-refractivity contribution in [1.82, 2.24) is 14.9 Å². The van der Waals surface area contributed by atoms with E-state index in [1.807, 2.05) is 12.4 Å². The van der Waals surface area contributed by atoms with Crippen LogP contribution in [0.3, 0.4) is 0 Å².